The third-order valence-electron chi connectivity index (χ3n) is 3.28. The minimum atomic E-state index is 0.362. The van der Waals surface area contributed by atoms with Crippen LogP contribution in [0.2, 0.25) is 0 Å². The first kappa shape index (κ1) is 12.3. The van der Waals surface area contributed by atoms with Gasteiger partial charge in [0.15, 0.2) is 0 Å². The third-order valence-corrected chi connectivity index (χ3v) is 3.28. The molecule has 4 nitrogen and oxygen atoms in total. The van der Waals surface area contributed by atoms with Crippen LogP contribution in [0, 0.1) is 0 Å². The van der Waals surface area contributed by atoms with Crippen molar-refractivity contribution in [3.8, 4) is 0 Å². The summed E-state index contributed by atoms with van der Waals surface area (Å²) in [7, 11) is 0. The van der Waals surface area contributed by atoms with Crippen molar-refractivity contribution in [3.05, 3.63) is 24.0 Å². The van der Waals surface area contributed by atoms with Crippen molar-refractivity contribution in [1.82, 2.24) is 4.98 Å². The molecule has 0 aliphatic carbocycles. The van der Waals surface area contributed by atoms with E-state index in [4.69, 9.17) is 10.5 Å². The molecule has 1 aromatic rings. The van der Waals surface area contributed by atoms with Crippen LogP contribution in [0.1, 0.15) is 25.3 Å². The second-order valence-corrected chi connectivity index (χ2v) is 4.38. The van der Waals surface area contributed by atoms with Crippen molar-refractivity contribution in [3.63, 3.8) is 0 Å². The Labute approximate surface area is 103 Å². The summed E-state index contributed by atoms with van der Waals surface area (Å²) in [5.74, 6) is 0. The lowest BCUT2D eigenvalue weighted by atomic mass is 10.1. The quantitative estimate of drug-likeness (QED) is 0.841. The number of ether oxygens (including phenoxy) is 1. The Morgan fingerprint density at radius 3 is 3.12 bits per heavy atom. The van der Waals surface area contributed by atoms with E-state index in [1.807, 2.05) is 12.3 Å². The molecule has 0 spiro atoms. The summed E-state index contributed by atoms with van der Waals surface area (Å²) in [6.45, 7) is 5.51. The van der Waals surface area contributed by atoms with Crippen LogP contribution in [-0.2, 0) is 11.3 Å². The van der Waals surface area contributed by atoms with Crippen LogP contribution in [0.25, 0.3) is 0 Å². The van der Waals surface area contributed by atoms with E-state index < -0.39 is 0 Å². The van der Waals surface area contributed by atoms with Crippen LogP contribution in [0.3, 0.4) is 0 Å². The van der Waals surface area contributed by atoms with E-state index in [-0.39, 0.29) is 0 Å². The van der Waals surface area contributed by atoms with Crippen LogP contribution >= 0.6 is 0 Å². The van der Waals surface area contributed by atoms with Gasteiger partial charge in [-0.15, -0.1) is 0 Å². The van der Waals surface area contributed by atoms with Gasteiger partial charge in [-0.1, -0.05) is 0 Å². The highest BCUT2D eigenvalue weighted by atomic mass is 16.5. The van der Waals surface area contributed by atoms with E-state index in [1.165, 1.54) is 6.42 Å². The van der Waals surface area contributed by atoms with E-state index in [2.05, 4.69) is 16.8 Å². The standard InChI is InChI=1S/C13H21N3O/c1-2-16(10-12-4-3-7-17-12)13-9-15-6-5-11(13)8-14/h5-6,9,12H,2-4,7-8,10,14H2,1H3. The normalized spacial score (nSPS) is 19.5. The number of nitrogens with two attached hydrogens (primary N) is 1. The Morgan fingerprint density at radius 2 is 2.47 bits per heavy atom. The molecule has 4 heteroatoms. The van der Waals surface area contributed by atoms with Gasteiger partial charge in [0, 0.05) is 32.4 Å². The van der Waals surface area contributed by atoms with Crippen molar-refractivity contribution in [1.29, 1.82) is 0 Å². The first-order chi connectivity index (χ1) is 8.35. The van der Waals surface area contributed by atoms with Crippen LogP contribution in [-0.4, -0.2) is 30.8 Å². The Balaban J connectivity index is 2.10. The molecule has 2 heterocycles. The van der Waals surface area contributed by atoms with Crippen molar-refractivity contribution in [2.24, 2.45) is 5.73 Å². The molecule has 0 amide bonds. The molecule has 0 bridgehead atoms. The average Bonchev–Trinajstić information content (AvgIpc) is 2.89. The van der Waals surface area contributed by atoms with Gasteiger partial charge in [0.1, 0.15) is 0 Å². The van der Waals surface area contributed by atoms with Gasteiger partial charge >= 0.3 is 0 Å². The Hall–Kier alpha value is -1.13. The average molecular weight is 235 g/mol. The van der Waals surface area contributed by atoms with Crippen molar-refractivity contribution in [2.75, 3.05) is 24.6 Å². The van der Waals surface area contributed by atoms with Crippen molar-refractivity contribution < 1.29 is 4.74 Å². The molecule has 17 heavy (non-hydrogen) atoms. The fraction of sp³-hybridized carbons (Fsp3) is 0.615. The number of nitrogens with zero attached hydrogens (tertiary/aromatic N) is 2. The highest BCUT2D eigenvalue weighted by Crippen LogP contribution is 2.21. The summed E-state index contributed by atoms with van der Waals surface area (Å²) in [6.07, 6.45) is 6.40. The van der Waals surface area contributed by atoms with E-state index in [0.29, 0.717) is 12.6 Å². The number of rotatable bonds is 5. The number of aromatic nitrogens is 1. The molecular formula is C13H21N3O. The molecule has 2 rings (SSSR count). The fourth-order valence-electron chi connectivity index (χ4n) is 2.30. The number of likely N-dealkylation sites (N-methyl/N-ethyl adjacent to an activating group) is 1. The van der Waals surface area contributed by atoms with E-state index in [1.54, 1.807) is 6.20 Å². The first-order valence-corrected chi connectivity index (χ1v) is 6.34. The molecule has 1 aliphatic rings. The molecule has 1 fully saturated rings. The molecule has 1 unspecified atom stereocenters. The summed E-state index contributed by atoms with van der Waals surface area (Å²) in [5.41, 5.74) is 8.06. The number of pyridine rings is 1. The number of hydrogen-bond donors (Lipinski definition) is 1. The predicted octanol–water partition coefficient (Wildman–Crippen LogP) is 1.55. The van der Waals surface area contributed by atoms with Gasteiger partial charge in [0.25, 0.3) is 0 Å². The fourth-order valence-corrected chi connectivity index (χ4v) is 2.30. The molecule has 1 aromatic heterocycles. The van der Waals surface area contributed by atoms with Crippen LogP contribution in [0.15, 0.2) is 18.5 Å². The summed E-state index contributed by atoms with van der Waals surface area (Å²) < 4.78 is 5.69. The molecule has 0 radical (unpaired) electrons. The van der Waals surface area contributed by atoms with Gasteiger partial charge in [-0.3, -0.25) is 4.98 Å². The number of hydrogen-bond acceptors (Lipinski definition) is 4. The molecule has 1 aliphatic heterocycles. The van der Waals surface area contributed by atoms with Gasteiger partial charge < -0.3 is 15.4 Å². The van der Waals surface area contributed by atoms with Crippen molar-refractivity contribution in [2.45, 2.75) is 32.4 Å². The van der Waals surface area contributed by atoms with Gasteiger partial charge in [-0.05, 0) is 31.4 Å². The smallest absolute Gasteiger partial charge is 0.0750 e. The second-order valence-electron chi connectivity index (χ2n) is 4.38. The first-order valence-electron chi connectivity index (χ1n) is 6.34. The van der Waals surface area contributed by atoms with Gasteiger partial charge in [0.2, 0.25) is 0 Å². The minimum Gasteiger partial charge on any atom is -0.376 e. The SMILES string of the molecule is CCN(CC1CCCO1)c1cnccc1CN. The highest BCUT2D eigenvalue weighted by molar-refractivity contribution is 5.51. The maximum Gasteiger partial charge on any atom is 0.0750 e. The summed E-state index contributed by atoms with van der Waals surface area (Å²) in [4.78, 5) is 6.51. The lowest BCUT2D eigenvalue weighted by molar-refractivity contribution is 0.115. The third kappa shape index (κ3) is 2.96. The maximum absolute atomic E-state index is 5.77. The Bertz CT molecular complexity index is 350. The molecule has 1 atom stereocenters. The Kier molecular flexibility index (Phi) is 4.34. The second kappa shape index (κ2) is 5.98. The zero-order valence-corrected chi connectivity index (χ0v) is 10.4. The minimum absolute atomic E-state index is 0.362. The number of anilines is 1. The van der Waals surface area contributed by atoms with E-state index in [0.717, 1.165) is 37.4 Å². The predicted molar refractivity (Wildman–Crippen MR) is 69.0 cm³/mol. The Morgan fingerprint density at radius 1 is 1.59 bits per heavy atom. The maximum atomic E-state index is 5.77. The van der Waals surface area contributed by atoms with Gasteiger partial charge in [-0.2, -0.15) is 0 Å². The van der Waals surface area contributed by atoms with Gasteiger partial charge in [0.05, 0.1) is 18.0 Å². The van der Waals surface area contributed by atoms with Crippen LogP contribution in [0.4, 0.5) is 5.69 Å². The van der Waals surface area contributed by atoms with Crippen LogP contribution < -0.4 is 10.6 Å². The van der Waals surface area contributed by atoms with E-state index >= 15 is 0 Å². The lowest BCUT2D eigenvalue weighted by Gasteiger charge is -2.27. The monoisotopic (exact) mass is 235 g/mol. The molecule has 2 N–H and O–H groups in total. The highest BCUT2D eigenvalue weighted by Gasteiger charge is 2.19. The largest absolute Gasteiger partial charge is 0.376 e. The lowest BCUT2D eigenvalue weighted by Crippen LogP contribution is -2.33. The topological polar surface area (TPSA) is 51.4 Å². The summed E-state index contributed by atoms with van der Waals surface area (Å²) in [6, 6.07) is 1.99. The zero-order valence-electron chi connectivity index (χ0n) is 10.4. The molecule has 0 aromatic carbocycles. The summed E-state index contributed by atoms with van der Waals surface area (Å²) in [5, 5.41) is 0. The van der Waals surface area contributed by atoms with Crippen molar-refractivity contribution >= 4 is 5.69 Å². The molecule has 1 saturated heterocycles. The summed E-state index contributed by atoms with van der Waals surface area (Å²) >= 11 is 0. The molecular weight excluding hydrogens is 214 g/mol. The van der Waals surface area contributed by atoms with E-state index in [9.17, 15) is 0 Å². The molecule has 94 valence electrons. The van der Waals surface area contributed by atoms with Gasteiger partial charge in [-0.25, -0.2) is 0 Å². The molecule has 0 saturated carbocycles. The van der Waals surface area contributed by atoms with Crippen LogP contribution in [0.5, 0.6) is 0 Å². The zero-order chi connectivity index (χ0) is 12.1.